The Balaban J connectivity index is 2.25. The van der Waals surface area contributed by atoms with E-state index in [-0.39, 0.29) is 5.91 Å². The Hall–Kier alpha value is -1.47. The van der Waals surface area contributed by atoms with Crippen LogP contribution in [0.15, 0.2) is 24.3 Å². The summed E-state index contributed by atoms with van der Waals surface area (Å²) in [4.78, 5) is 11.7. The fraction of sp³-hybridized carbons (Fsp3) is 0.467. The van der Waals surface area contributed by atoms with Gasteiger partial charge in [0.1, 0.15) is 0 Å². The van der Waals surface area contributed by atoms with Gasteiger partial charge in [-0.05, 0) is 42.0 Å². The number of carbonyl (C=O) groups excluding carboxylic acids is 1. The Morgan fingerprint density at radius 1 is 1.47 bits per heavy atom. The summed E-state index contributed by atoms with van der Waals surface area (Å²) in [5.74, 6) is 2.88. The molecule has 0 fully saturated rings. The highest BCUT2D eigenvalue weighted by atomic mass is 32.2. The van der Waals surface area contributed by atoms with Gasteiger partial charge in [-0.3, -0.25) is 4.79 Å². The number of amides is 1. The van der Waals surface area contributed by atoms with E-state index in [1.165, 1.54) is 0 Å². The molecular formula is C15H20N2OS. The molecule has 0 atom stereocenters. The molecule has 19 heavy (non-hydrogen) atoms. The average molecular weight is 276 g/mol. The van der Waals surface area contributed by atoms with Crippen LogP contribution in [0.1, 0.15) is 32.3 Å². The zero-order valence-electron chi connectivity index (χ0n) is 11.5. The molecular weight excluding hydrogens is 256 g/mol. The van der Waals surface area contributed by atoms with E-state index in [2.05, 4.69) is 25.2 Å². The maximum absolute atomic E-state index is 11.7. The van der Waals surface area contributed by atoms with Crippen LogP contribution in [0.25, 0.3) is 0 Å². The number of benzene rings is 1. The third kappa shape index (κ3) is 6.88. The number of nitrogens with one attached hydrogen (secondary N) is 1. The van der Waals surface area contributed by atoms with Gasteiger partial charge in [0.2, 0.25) is 5.91 Å². The molecule has 0 spiro atoms. The first-order chi connectivity index (χ1) is 9.11. The number of nitriles is 1. The maximum Gasteiger partial charge on any atom is 0.224 e. The largest absolute Gasteiger partial charge is 0.326 e. The summed E-state index contributed by atoms with van der Waals surface area (Å²) in [6.45, 7) is 4.39. The SMILES string of the molecule is CC(C)CSCCCC(=O)Nc1cccc(C#N)c1. The van der Waals surface area contributed by atoms with Crippen LogP contribution >= 0.6 is 11.8 Å². The van der Waals surface area contributed by atoms with Gasteiger partial charge < -0.3 is 5.32 Å². The summed E-state index contributed by atoms with van der Waals surface area (Å²) in [7, 11) is 0. The second-order valence-electron chi connectivity index (χ2n) is 4.81. The fourth-order valence-corrected chi connectivity index (χ4v) is 2.53. The Bertz CT molecular complexity index is 452. The van der Waals surface area contributed by atoms with E-state index in [1.54, 1.807) is 24.3 Å². The van der Waals surface area contributed by atoms with Gasteiger partial charge in [0.05, 0.1) is 11.6 Å². The first-order valence-corrected chi connectivity index (χ1v) is 7.65. The van der Waals surface area contributed by atoms with E-state index in [4.69, 9.17) is 5.26 Å². The van der Waals surface area contributed by atoms with Gasteiger partial charge in [-0.1, -0.05) is 19.9 Å². The molecule has 0 bridgehead atoms. The first kappa shape index (κ1) is 15.6. The van der Waals surface area contributed by atoms with Crippen LogP contribution in [0.5, 0.6) is 0 Å². The van der Waals surface area contributed by atoms with Crippen molar-refractivity contribution in [1.82, 2.24) is 0 Å². The summed E-state index contributed by atoms with van der Waals surface area (Å²) in [5, 5.41) is 11.6. The third-order valence-corrected chi connectivity index (χ3v) is 3.90. The Morgan fingerprint density at radius 3 is 2.95 bits per heavy atom. The van der Waals surface area contributed by atoms with Crippen LogP contribution in [0.2, 0.25) is 0 Å². The molecule has 1 amide bonds. The van der Waals surface area contributed by atoms with Crippen LogP contribution in [-0.2, 0) is 4.79 Å². The Kier molecular flexibility index (Phi) is 7.06. The van der Waals surface area contributed by atoms with E-state index in [0.717, 1.165) is 17.9 Å². The molecule has 0 heterocycles. The smallest absolute Gasteiger partial charge is 0.224 e. The standard InChI is InChI=1S/C15H20N2OS/c1-12(2)11-19-8-4-7-15(18)17-14-6-3-5-13(9-14)10-16/h3,5-6,9,12H,4,7-8,11H2,1-2H3,(H,17,18). The predicted octanol–water partition coefficient (Wildman–Crippen LogP) is 3.67. The minimum absolute atomic E-state index is 0.0141. The van der Waals surface area contributed by atoms with Crippen molar-refractivity contribution >= 4 is 23.4 Å². The van der Waals surface area contributed by atoms with Gasteiger partial charge >= 0.3 is 0 Å². The lowest BCUT2D eigenvalue weighted by atomic mass is 10.2. The quantitative estimate of drug-likeness (QED) is 0.773. The van der Waals surface area contributed by atoms with Crippen LogP contribution in [0.3, 0.4) is 0 Å². The number of thioether (sulfide) groups is 1. The van der Waals surface area contributed by atoms with Crippen LogP contribution in [0, 0.1) is 17.2 Å². The molecule has 0 aromatic heterocycles. The highest BCUT2D eigenvalue weighted by Gasteiger charge is 2.03. The molecule has 102 valence electrons. The van der Waals surface area contributed by atoms with Crippen molar-refractivity contribution in [2.24, 2.45) is 5.92 Å². The molecule has 3 nitrogen and oxygen atoms in total. The molecule has 0 saturated carbocycles. The summed E-state index contributed by atoms with van der Waals surface area (Å²) >= 11 is 1.89. The minimum atomic E-state index is 0.0141. The van der Waals surface area contributed by atoms with E-state index in [1.807, 2.05) is 11.8 Å². The number of anilines is 1. The van der Waals surface area contributed by atoms with Crippen molar-refractivity contribution in [1.29, 1.82) is 5.26 Å². The molecule has 1 aromatic carbocycles. The fourth-order valence-electron chi connectivity index (χ4n) is 1.54. The highest BCUT2D eigenvalue weighted by molar-refractivity contribution is 7.99. The molecule has 1 rings (SSSR count). The second-order valence-corrected chi connectivity index (χ2v) is 5.96. The number of nitrogens with zero attached hydrogens (tertiary/aromatic N) is 1. The van der Waals surface area contributed by atoms with Crippen molar-refractivity contribution in [2.45, 2.75) is 26.7 Å². The monoisotopic (exact) mass is 276 g/mol. The molecule has 0 unspecified atom stereocenters. The van der Waals surface area contributed by atoms with Gasteiger partial charge in [-0.25, -0.2) is 0 Å². The van der Waals surface area contributed by atoms with Crippen molar-refractivity contribution in [3.05, 3.63) is 29.8 Å². The van der Waals surface area contributed by atoms with Gasteiger partial charge in [0, 0.05) is 12.1 Å². The molecule has 0 saturated heterocycles. The van der Waals surface area contributed by atoms with E-state index in [9.17, 15) is 4.79 Å². The van der Waals surface area contributed by atoms with E-state index < -0.39 is 0 Å². The topological polar surface area (TPSA) is 52.9 Å². The van der Waals surface area contributed by atoms with Crippen molar-refractivity contribution in [3.63, 3.8) is 0 Å². The highest BCUT2D eigenvalue weighted by Crippen LogP contribution is 2.12. The van der Waals surface area contributed by atoms with Crippen LogP contribution in [0.4, 0.5) is 5.69 Å². The summed E-state index contributed by atoms with van der Waals surface area (Å²) in [6.07, 6.45) is 1.42. The summed E-state index contributed by atoms with van der Waals surface area (Å²) in [5.41, 5.74) is 1.25. The normalized spacial score (nSPS) is 10.2. The molecule has 0 aliphatic heterocycles. The number of hydrogen-bond donors (Lipinski definition) is 1. The molecule has 4 heteroatoms. The van der Waals surface area contributed by atoms with Gasteiger partial charge in [-0.2, -0.15) is 17.0 Å². The van der Waals surface area contributed by atoms with Crippen LogP contribution in [-0.4, -0.2) is 17.4 Å². The molecule has 1 N–H and O–H groups in total. The predicted molar refractivity (Wildman–Crippen MR) is 81.2 cm³/mol. The average Bonchev–Trinajstić information content (AvgIpc) is 2.38. The number of carbonyl (C=O) groups is 1. The summed E-state index contributed by atoms with van der Waals surface area (Å²) in [6, 6.07) is 9.03. The maximum atomic E-state index is 11.7. The molecule has 0 aliphatic carbocycles. The lowest BCUT2D eigenvalue weighted by Gasteiger charge is -2.06. The van der Waals surface area contributed by atoms with Gasteiger partial charge in [-0.15, -0.1) is 0 Å². The first-order valence-electron chi connectivity index (χ1n) is 6.49. The van der Waals surface area contributed by atoms with E-state index >= 15 is 0 Å². The minimum Gasteiger partial charge on any atom is -0.326 e. The third-order valence-electron chi connectivity index (χ3n) is 2.42. The Labute approximate surface area is 119 Å². The van der Waals surface area contributed by atoms with Crippen molar-refractivity contribution < 1.29 is 4.79 Å². The zero-order valence-corrected chi connectivity index (χ0v) is 12.3. The van der Waals surface area contributed by atoms with Crippen molar-refractivity contribution in [3.8, 4) is 6.07 Å². The lowest BCUT2D eigenvalue weighted by Crippen LogP contribution is -2.11. The number of hydrogen-bond acceptors (Lipinski definition) is 3. The number of rotatable bonds is 7. The lowest BCUT2D eigenvalue weighted by molar-refractivity contribution is -0.116. The molecule has 0 aliphatic rings. The van der Waals surface area contributed by atoms with Crippen molar-refractivity contribution in [2.75, 3.05) is 16.8 Å². The van der Waals surface area contributed by atoms with E-state index in [0.29, 0.717) is 23.6 Å². The molecule has 0 radical (unpaired) electrons. The Morgan fingerprint density at radius 2 is 2.26 bits per heavy atom. The molecule has 1 aromatic rings. The van der Waals surface area contributed by atoms with Gasteiger partial charge in [0.25, 0.3) is 0 Å². The van der Waals surface area contributed by atoms with Crippen LogP contribution < -0.4 is 5.32 Å². The zero-order chi connectivity index (χ0) is 14.1. The van der Waals surface area contributed by atoms with Gasteiger partial charge in [0.15, 0.2) is 0 Å². The second kappa shape index (κ2) is 8.60. The summed E-state index contributed by atoms with van der Waals surface area (Å²) < 4.78 is 0.